The van der Waals surface area contributed by atoms with Gasteiger partial charge >= 0.3 is 0 Å². The monoisotopic (exact) mass is 221 g/mol. The van der Waals surface area contributed by atoms with Crippen molar-refractivity contribution in [1.82, 2.24) is 5.32 Å². The van der Waals surface area contributed by atoms with Gasteiger partial charge in [0.05, 0.1) is 6.61 Å². The molecule has 3 heteroatoms. The van der Waals surface area contributed by atoms with Gasteiger partial charge in [0.2, 0.25) is 0 Å². The molecule has 1 aromatic carbocycles. The van der Waals surface area contributed by atoms with Crippen LogP contribution in [0.25, 0.3) is 0 Å². The number of rotatable bonds is 5. The van der Waals surface area contributed by atoms with Gasteiger partial charge in [-0.05, 0) is 50.6 Å². The van der Waals surface area contributed by atoms with E-state index in [9.17, 15) is 0 Å². The zero-order valence-electron chi connectivity index (χ0n) is 9.74. The Bertz CT molecular complexity index is 304. The van der Waals surface area contributed by atoms with Crippen LogP contribution >= 0.6 is 0 Å². The molecule has 2 rings (SSSR count). The number of hydrogen-bond acceptors (Lipinski definition) is 3. The summed E-state index contributed by atoms with van der Waals surface area (Å²) in [6.07, 6.45) is 2.48. The maximum Gasteiger partial charge on any atom is 0.119 e. The van der Waals surface area contributed by atoms with Crippen LogP contribution in [-0.2, 0) is 0 Å². The third kappa shape index (κ3) is 3.14. The molecule has 0 aromatic heterocycles. The van der Waals surface area contributed by atoms with E-state index in [-0.39, 0.29) is 0 Å². The van der Waals surface area contributed by atoms with E-state index in [0.717, 1.165) is 24.7 Å². The van der Waals surface area contributed by atoms with E-state index in [0.29, 0.717) is 12.6 Å². The summed E-state index contributed by atoms with van der Waals surface area (Å²) in [6, 6.07) is 8.33. The third-order valence-corrected chi connectivity index (χ3v) is 2.75. The molecule has 3 nitrogen and oxygen atoms in total. The first-order chi connectivity index (χ1) is 7.88. The Hall–Kier alpha value is -1.22. The minimum absolute atomic E-state index is 0.520. The van der Waals surface area contributed by atoms with Gasteiger partial charge in [0, 0.05) is 6.04 Å². The fourth-order valence-corrected chi connectivity index (χ4v) is 1.89. The van der Waals surface area contributed by atoms with Gasteiger partial charge < -0.3 is 14.8 Å². The van der Waals surface area contributed by atoms with Crippen LogP contribution in [0.2, 0.25) is 0 Å². The van der Waals surface area contributed by atoms with E-state index in [4.69, 9.17) is 9.47 Å². The van der Waals surface area contributed by atoms with Crippen molar-refractivity contribution in [2.24, 2.45) is 0 Å². The van der Waals surface area contributed by atoms with Crippen molar-refractivity contribution in [2.45, 2.75) is 25.8 Å². The lowest BCUT2D eigenvalue weighted by Gasteiger charge is -2.12. The summed E-state index contributed by atoms with van der Waals surface area (Å²) in [7, 11) is 0. The molecule has 1 fully saturated rings. The molecule has 1 saturated heterocycles. The second-order valence-electron chi connectivity index (χ2n) is 4.01. The van der Waals surface area contributed by atoms with E-state index in [2.05, 4.69) is 5.32 Å². The highest BCUT2D eigenvalue weighted by Gasteiger charge is 2.14. The van der Waals surface area contributed by atoms with Crippen molar-refractivity contribution in [3.05, 3.63) is 24.3 Å². The standard InChI is InChI=1S/C13H19NO2/c1-2-15-12-5-7-13(8-6-12)16-10-11-4-3-9-14-11/h5-8,11,14H,2-4,9-10H2,1H3. The zero-order valence-corrected chi connectivity index (χ0v) is 9.74. The molecule has 1 aromatic rings. The van der Waals surface area contributed by atoms with Crippen LogP contribution in [0.4, 0.5) is 0 Å². The van der Waals surface area contributed by atoms with E-state index >= 15 is 0 Å². The third-order valence-electron chi connectivity index (χ3n) is 2.75. The van der Waals surface area contributed by atoms with Crippen molar-refractivity contribution < 1.29 is 9.47 Å². The minimum atomic E-state index is 0.520. The Morgan fingerprint density at radius 3 is 2.44 bits per heavy atom. The number of nitrogens with one attached hydrogen (secondary N) is 1. The van der Waals surface area contributed by atoms with Crippen molar-refractivity contribution in [3.63, 3.8) is 0 Å². The average molecular weight is 221 g/mol. The van der Waals surface area contributed by atoms with Crippen LogP contribution in [0, 0.1) is 0 Å². The summed E-state index contributed by atoms with van der Waals surface area (Å²) >= 11 is 0. The number of hydrogen-bond donors (Lipinski definition) is 1. The van der Waals surface area contributed by atoms with Crippen molar-refractivity contribution in [3.8, 4) is 11.5 Å². The average Bonchev–Trinajstić information content (AvgIpc) is 2.82. The van der Waals surface area contributed by atoms with Gasteiger partial charge in [-0.2, -0.15) is 0 Å². The molecular weight excluding hydrogens is 202 g/mol. The van der Waals surface area contributed by atoms with E-state index in [1.807, 2.05) is 31.2 Å². The maximum atomic E-state index is 5.70. The molecule has 88 valence electrons. The smallest absolute Gasteiger partial charge is 0.119 e. The lowest BCUT2D eigenvalue weighted by Crippen LogP contribution is -2.28. The van der Waals surface area contributed by atoms with Crippen LogP contribution in [0.1, 0.15) is 19.8 Å². The van der Waals surface area contributed by atoms with Crippen LogP contribution in [0.15, 0.2) is 24.3 Å². The first kappa shape index (κ1) is 11.3. The first-order valence-electron chi connectivity index (χ1n) is 5.97. The fraction of sp³-hybridized carbons (Fsp3) is 0.538. The Morgan fingerprint density at radius 1 is 1.19 bits per heavy atom. The molecular formula is C13H19NO2. The normalized spacial score (nSPS) is 19.7. The van der Waals surface area contributed by atoms with Crippen LogP contribution in [0.5, 0.6) is 11.5 Å². The molecule has 0 spiro atoms. The quantitative estimate of drug-likeness (QED) is 0.827. The molecule has 1 aliphatic heterocycles. The van der Waals surface area contributed by atoms with Crippen LogP contribution in [0.3, 0.4) is 0 Å². The Kier molecular flexibility index (Phi) is 4.05. The molecule has 0 aliphatic carbocycles. The predicted octanol–water partition coefficient (Wildman–Crippen LogP) is 2.22. The summed E-state index contributed by atoms with van der Waals surface area (Å²) in [5, 5.41) is 3.41. The molecule has 0 saturated carbocycles. The molecule has 16 heavy (non-hydrogen) atoms. The SMILES string of the molecule is CCOc1ccc(OCC2CCCN2)cc1. The Balaban J connectivity index is 1.80. The number of ether oxygens (including phenoxy) is 2. The molecule has 1 atom stereocenters. The summed E-state index contributed by atoms with van der Waals surface area (Å²) in [5.74, 6) is 1.81. The van der Waals surface area contributed by atoms with Gasteiger partial charge in [0.15, 0.2) is 0 Å². The van der Waals surface area contributed by atoms with Crippen molar-refractivity contribution >= 4 is 0 Å². The van der Waals surface area contributed by atoms with Crippen molar-refractivity contribution in [1.29, 1.82) is 0 Å². The summed E-state index contributed by atoms with van der Waals surface area (Å²) in [4.78, 5) is 0. The topological polar surface area (TPSA) is 30.5 Å². The molecule has 1 unspecified atom stereocenters. The molecule has 1 N–H and O–H groups in total. The van der Waals surface area contributed by atoms with E-state index in [1.165, 1.54) is 12.8 Å². The molecule has 1 heterocycles. The van der Waals surface area contributed by atoms with Gasteiger partial charge in [-0.15, -0.1) is 0 Å². The first-order valence-corrected chi connectivity index (χ1v) is 5.97. The predicted molar refractivity (Wildman–Crippen MR) is 64.1 cm³/mol. The van der Waals surface area contributed by atoms with Gasteiger partial charge in [-0.25, -0.2) is 0 Å². The van der Waals surface area contributed by atoms with E-state index < -0.39 is 0 Å². The highest BCUT2D eigenvalue weighted by molar-refractivity contribution is 5.31. The Morgan fingerprint density at radius 2 is 1.88 bits per heavy atom. The van der Waals surface area contributed by atoms with Gasteiger partial charge in [0.25, 0.3) is 0 Å². The second kappa shape index (κ2) is 5.75. The highest BCUT2D eigenvalue weighted by atomic mass is 16.5. The molecule has 0 bridgehead atoms. The molecule has 1 aliphatic rings. The molecule has 0 amide bonds. The number of benzene rings is 1. The Labute approximate surface area is 96.8 Å². The maximum absolute atomic E-state index is 5.70. The summed E-state index contributed by atoms with van der Waals surface area (Å²) in [5.41, 5.74) is 0. The largest absolute Gasteiger partial charge is 0.494 e. The molecule has 0 radical (unpaired) electrons. The van der Waals surface area contributed by atoms with E-state index in [1.54, 1.807) is 0 Å². The van der Waals surface area contributed by atoms with Gasteiger partial charge in [0.1, 0.15) is 18.1 Å². The van der Waals surface area contributed by atoms with Gasteiger partial charge in [-0.3, -0.25) is 0 Å². The van der Waals surface area contributed by atoms with Crippen molar-refractivity contribution in [2.75, 3.05) is 19.8 Å². The summed E-state index contributed by atoms with van der Waals surface area (Å²) < 4.78 is 11.1. The van der Waals surface area contributed by atoms with Gasteiger partial charge in [-0.1, -0.05) is 0 Å². The lowest BCUT2D eigenvalue weighted by molar-refractivity contribution is 0.276. The second-order valence-corrected chi connectivity index (χ2v) is 4.01. The minimum Gasteiger partial charge on any atom is -0.494 e. The summed E-state index contributed by atoms with van der Waals surface area (Å²) in [6.45, 7) is 4.56. The van der Waals surface area contributed by atoms with Crippen LogP contribution in [-0.4, -0.2) is 25.8 Å². The van der Waals surface area contributed by atoms with Crippen LogP contribution < -0.4 is 14.8 Å². The lowest BCUT2D eigenvalue weighted by atomic mass is 10.2. The fourth-order valence-electron chi connectivity index (χ4n) is 1.89. The highest BCUT2D eigenvalue weighted by Crippen LogP contribution is 2.18. The zero-order chi connectivity index (χ0) is 11.2.